The molecule has 1 aliphatic heterocycles. The van der Waals surface area contributed by atoms with Gasteiger partial charge in [0.05, 0.1) is 35.6 Å². The number of hydrogen-bond donors (Lipinski definition) is 1. The molecule has 7 nitrogen and oxygen atoms in total. The fourth-order valence-corrected chi connectivity index (χ4v) is 5.68. The zero-order chi connectivity index (χ0) is 27.5. The molecule has 8 heteroatoms. The maximum absolute atomic E-state index is 13.9. The molecule has 1 aromatic heterocycles. The summed E-state index contributed by atoms with van der Waals surface area (Å²) in [5.41, 5.74) is 4.07. The minimum Gasteiger partial charge on any atom is -0.496 e. The van der Waals surface area contributed by atoms with Crippen molar-refractivity contribution in [1.82, 2.24) is 4.57 Å². The van der Waals surface area contributed by atoms with Gasteiger partial charge in [0.25, 0.3) is 11.5 Å². The summed E-state index contributed by atoms with van der Waals surface area (Å²) in [7, 11) is 1.63. The number of aryl methyl sites for hydroxylation is 1. The molecule has 0 aliphatic carbocycles. The first kappa shape index (κ1) is 26.2. The highest BCUT2D eigenvalue weighted by molar-refractivity contribution is 7.07. The summed E-state index contributed by atoms with van der Waals surface area (Å²) in [5.74, 6) is 1.16. The van der Waals surface area contributed by atoms with Crippen molar-refractivity contribution in [2.45, 2.75) is 26.8 Å². The largest absolute Gasteiger partial charge is 0.496 e. The number of para-hydroxylation sites is 1. The molecular weight excluding hydrogens is 510 g/mol. The van der Waals surface area contributed by atoms with Crippen LogP contribution in [-0.4, -0.2) is 24.2 Å². The van der Waals surface area contributed by atoms with Crippen LogP contribution in [0.15, 0.2) is 93.9 Å². The number of hydrogen-bond acceptors (Lipinski definition) is 6. The third kappa shape index (κ3) is 5.28. The van der Waals surface area contributed by atoms with E-state index in [4.69, 9.17) is 14.5 Å². The van der Waals surface area contributed by atoms with Gasteiger partial charge in [-0.25, -0.2) is 4.99 Å². The minimum atomic E-state index is -0.657. The standard InChI is InChI=1S/C31H29N3O4S/c1-5-38-24-15-13-22(14-16-24)28-27(29(35)33-23-9-7-6-8-10-23)20(3)32-31-34(28)30(36)26(39-31)18-21-12-11-19(2)25(17-21)37-4/h6-18,28H,5H2,1-4H3,(H,33,35)/b26-18-/t28-/m1/s1. The van der Waals surface area contributed by atoms with Crippen LogP contribution in [0.1, 0.15) is 36.6 Å². The summed E-state index contributed by atoms with van der Waals surface area (Å²) < 4.78 is 13.2. The average molecular weight is 540 g/mol. The molecule has 0 bridgehead atoms. The molecular formula is C31H29N3O4S. The monoisotopic (exact) mass is 539 g/mol. The van der Waals surface area contributed by atoms with Crippen molar-refractivity contribution in [2.24, 2.45) is 4.99 Å². The first-order chi connectivity index (χ1) is 18.9. The van der Waals surface area contributed by atoms with E-state index >= 15 is 0 Å². The van der Waals surface area contributed by atoms with Crippen molar-refractivity contribution >= 4 is 29.0 Å². The number of fused-ring (bicyclic) bond motifs is 1. The van der Waals surface area contributed by atoms with Gasteiger partial charge in [0.2, 0.25) is 0 Å². The summed E-state index contributed by atoms with van der Waals surface area (Å²) in [6.07, 6.45) is 1.84. The van der Waals surface area contributed by atoms with Gasteiger partial charge in [0.15, 0.2) is 4.80 Å². The molecule has 0 fully saturated rings. The smallest absolute Gasteiger partial charge is 0.271 e. The van der Waals surface area contributed by atoms with Crippen molar-refractivity contribution in [3.8, 4) is 11.5 Å². The van der Waals surface area contributed by atoms with Crippen molar-refractivity contribution < 1.29 is 14.3 Å². The molecule has 0 saturated heterocycles. The summed E-state index contributed by atoms with van der Waals surface area (Å²) in [6.45, 7) is 6.25. The van der Waals surface area contributed by atoms with Crippen molar-refractivity contribution in [3.05, 3.63) is 120 Å². The average Bonchev–Trinajstić information content (AvgIpc) is 3.24. The Morgan fingerprint density at radius 2 is 1.82 bits per heavy atom. The van der Waals surface area contributed by atoms with E-state index in [1.165, 1.54) is 11.3 Å². The molecule has 1 amide bonds. The van der Waals surface area contributed by atoms with Crippen LogP contribution >= 0.6 is 11.3 Å². The number of thiazole rings is 1. The second kappa shape index (κ2) is 11.1. The van der Waals surface area contributed by atoms with Crippen LogP contribution in [0.3, 0.4) is 0 Å². The number of allylic oxidation sites excluding steroid dienone is 1. The van der Waals surface area contributed by atoms with Gasteiger partial charge in [-0.2, -0.15) is 0 Å². The third-order valence-corrected chi connectivity index (χ3v) is 7.52. The second-order valence-electron chi connectivity index (χ2n) is 9.13. The Morgan fingerprint density at radius 1 is 1.08 bits per heavy atom. The number of ether oxygens (including phenoxy) is 2. The molecule has 2 heterocycles. The van der Waals surface area contributed by atoms with Crippen LogP contribution in [0.25, 0.3) is 6.08 Å². The molecule has 0 unspecified atom stereocenters. The van der Waals surface area contributed by atoms with E-state index in [1.54, 1.807) is 11.7 Å². The van der Waals surface area contributed by atoms with E-state index in [1.807, 2.05) is 99.6 Å². The number of benzene rings is 3. The van der Waals surface area contributed by atoms with Gasteiger partial charge >= 0.3 is 0 Å². The van der Waals surface area contributed by atoms with Gasteiger partial charge in [-0.1, -0.05) is 53.8 Å². The molecule has 1 atom stereocenters. The minimum absolute atomic E-state index is 0.213. The molecule has 5 rings (SSSR count). The zero-order valence-corrected chi connectivity index (χ0v) is 23.0. The highest BCUT2D eigenvalue weighted by Crippen LogP contribution is 2.32. The summed E-state index contributed by atoms with van der Waals surface area (Å²) in [6, 6.07) is 21.9. The van der Waals surface area contributed by atoms with Crippen molar-refractivity contribution in [3.63, 3.8) is 0 Å². The predicted octanol–water partition coefficient (Wildman–Crippen LogP) is 4.59. The number of carbonyl (C=O) groups excluding carboxylic acids is 1. The first-order valence-corrected chi connectivity index (χ1v) is 13.5. The molecule has 198 valence electrons. The van der Waals surface area contributed by atoms with Gasteiger partial charge in [-0.15, -0.1) is 0 Å². The Labute approximate surface area is 230 Å². The number of rotatable bonds is 7. The van der Waals surface area contributed by atoms with E-state index in [0.717, 1.165) is 28.2 Å². The van der Waals surface area contributed by atoms with E-state index in [2.05, 4.69) is 5.32 Å². The predicted molar refractivity (Wildman–Crippen MR) is 154 cm³/mol. The number of nitrogens with zero attached hydrogens (tertiary/aromatic N) is 2. The van der Waals surface area contributed by atoms with Gasteiger partial charge < -0.3 is 14.8 Å². The van der Waals surface area contributed by atoms with Crippen LogP contribution in [0.4, 0.5) is 5.69 Å². The van der Waals surface area contributed by atoms with Gasteiger partial charge in [-0.3, -0.25) is 14.2 Å². The first-order valence-electron chi connectivity index (χ1n) is 12.7. The van der Waals surface area contributed by atoms with Crippen LogP contribution in [0.2, 0.25) is 0 Å². The number of aromatic nitrogens is 1. The SMILES string of the molecule is CCOc1ccc([C@@H]2C(C(=O)Nc3ccccc3)=C(C)N=c3s/c(=C\c4ccc(C)c(OC)c4)c(=O)n32)cc1. The lowest BCUT2D eigenvalue weighted by atomic mass is 9.95. The Balaban J connectivity index is 1.65. The summed E-state index contributed by atoms with van der Waals surface area (Å²) in [5, 5.41) is 2.97. The van der Waals surface area contributed by atoms with Crippen LogP contribution in [-0.2, 0) is 4.79 Å². The lowest BCUT2D eigenvalue weighted by Gasteiger charge is -2.25. The topological polar surface area (TPSA) is 81.9 Å². The fraction of sp³-hybridized carbons (Fsp3) is 0.194. The summed E-state index contributed by atoms with van der Waals surface area (Å²) >= 11 is 1.30. The molecule has 0 saturated carbocycles. The number of methoxy groups -OCH3 is 1. The Kier molecular flexibility index (Phi) is 7.47. The Hall–Kier alpha value is -4.43. The second-order valence-corrected chi connectivity index (χ2v) is 10.1. The van der Waals surface area contributed by atoms with E-state index in [0.29, 0.717) is 32.9 Å². The highest BCUT2D eigenvalue weighted by Gasteiger charge is 2.32. The normalized spacial score (nSPS) is 15.0. The van der Waals surface area contributed by atoms with E-state index < -0.39 is 6.04 Å². The van der Waals surface area contributed by atoms with Crippen LogP contribution in [0.5, 0.6) is 11.5 Å². The molecule has 4 aromatic rings. The Morgan fingerprint density at radius 3 is 2.51 bits per heavy atom. The number of amides is 1. The molecule has 1 N–H and O–H groups in total. The summed E-state index contributed by atoms with van der Waals surface area (Å²) in [4.78, 5) is 32.8. The van der Waals surface area contributed by atoms with Gasteiger partial charge in [0.1, 0.15) is 11.5 Å². The Bertz CT molecular complexity index is 1740. The third-order valence-electron chi connectivity index (χ3n) is 6.53. The van der Waals surface area contributed by atoms with Gasteiger partial charge in [-0.05, 0) is 73.9 Å². The zero-order valence-electron chi connectivity index (χ0n) is 22.2. The number of anilines is 1. The molecule has 39 heavy (non-hydrogen) atoms. The molecule has 3 aromatic carbocycles. The number of carbonyl (C=O) groups is 1. The molecule has 1 aliphatic rings. The maximum Gasteiger partial charge on any atom is 0.271 e. The highest BCUT2D eigenvalue weighted by atomic mass is 32.1. The van der Waals surface area contributed by atoms with Crippen molar-refractivity contribution in [1.29, 1.82) is 0 Å². The molecule has 0 spiro atoms. The van der Waals surface area contributed by atoms with Crippen LogP contribution in [0, 0.1) is 6.92 Å². The lowest BCUT2D eigenvalue weighted by molar-refractivity contribution is -0.113. The van der Waals surface area contributed by atoms with Crippen LogP contribution < -0.4 is 29.7 Å². The number of nitrogens with one attached hydrogen (secondary N) is 1. The van der Waals surface area contributed by atoms with E-state index in [-0.39, 0.29) is 11.5 Å². The molecule has 0 radical (unpaired) electrons. The van der Waals surface area contributed by atoms with Gasteiger partial charge in [0, 0.05) is 5.69 Å². The fourth-order valence-electron chi connectivity index (χ4n) is 4.64. The van der Waals surface area contributed by atoms with Crippen molar-refractivity contribution in [2.75, 3.05) is 19.0 Å². The van der Waals surface area contributed by atoms with E-state index in [9.17, 15) is 9.59 Å². The maximum atomic E-state index is 13.9. The lowest BCUT2D eigenvalue weighted by Crippen LogP contribution is -2.40. The quantitative estimate of drug-likeness (QED) is 0.373.